The number of pyridine rings is 2. The van der Waals surface area contributed by atoms with E-state index in [0.29, 0.717) is 23.1 Å². The van der Waals surface area contributed by atoms with E-state index in [0.717, 1.165) is 30.9 Å². The molecule has 1 aliphatic heterocycles. The Labute approximate surface area is 206 Å². The van der Waals surface area contributed by atoms with Gasteiger partial charge in [0.2, 0.25) is 0 Å². The summed E-state index contributed by atoms with van der Waals surface area (Å²) >= 11 is 0. The molecule has 0 spiro atoms. The third-order valence-corrected chi connectivity index (χ3v) is 6.32. The first-order valence-electron chi connectivity index (χ1n) is 12.1. The van der Waals surface area contributed by atoms with Crippen molar-refractivity contribution >= 4 is 29.4 Å². The summed E-state index contributed by atoms with van der Waals surface area (Å²) in [6.45, 7) is 3.90. The molecule has 0 bridgehead atoms. The molecule has 1 aromatic carbocycles. The molecule has 35 heavy (non-hydrogen) atoms. The lowest BCUT2D eigenvalue weighted by atomic mass is 9.92. The number of aryl methyl sites for hydroxylation is 1. The molecule has 1 aliphatic carbocycles. The van der Waals surface area contributed by atoms with E-state index in [2.05, 4.69) is 30.8 Å². The number of anilines is 3. The number of carbonyl (C=O) groups is 1. The molecule has 3 heterocycles. The molecule has 1 saturated carbocycles. The molecule has 1 saturated heterocycles. The van der Waals surface area contributed by atoms with Gasteiger partial charge in [0.15, 0.2) is 0 Å². The van der Waals surface area contributed by atoms with Crippen LogP contribution in [0.5, 0.6) is 0 Å². The lowest BCUT2D eigenvalue weighted by Gasteiger charge is -2.34. The maximum atomic E-state index is 12.4. The van der Waals surface area contributed by atoms with Crippen LogP contribution in [0.1, 0.15) is 36.9 Å². The smallest absolute Gasteiger partial charge is 0.320 e. The Kier molecular flexibility index (Phi) is 8.40. The normalized spacial score (nSPS) is 17.5. The summed E-state index contributed by atoms with van der Waals surface area (Å²) < 4.78 is 0. The minimum atomic E-state index is -0.251. The number of benzene rings is 1. The average Bonchev–Trinajstić information content (AvgIpc) is 3.27. The highest BCUT2D eigenvalue weighted by molar-refractivity contribution is 5.92. The summed E-state index contributed by atoms with van der Waals surface area (Å²) in [5, 5.41) is 16.8. The number of hydrogen-bond acceptors (Lipinski definition) is 6. The van der Waals surface area contributed by atoms with Crippen LogP contribution >= 0.6 is 0 Å². The zero-order chi connectivity index (χ0) is 24.5. The fourth-order valence-electron chi connectivity index (χ4n) is 4.25. The summed E-state index contributed by atoms with van der Waals surface area (Å²) in [5.74, 6) is 0.423. The van der Waals surface area contributed by atoms with Crippen LogP contribution in [0.25, 0.3) is 0 Å². The minimum absolute atomic E-state index is 0.175. The van der Waals surface area contributed by atoms with Crippen LogP contribution in [0.2, 0.25) is 0 Å². The van der Waals surface area contributed by atoms with E-state index >= 15 is 0 Å². The standard InChI is InChI=1S/C21H27N7O.C6H6/c1-14-9-16(5-7-23-14)25-19-12-24-20(10-15(19)11-22)27-21(29)26-17-6-8-28(13-17)18-3-2-4-18;1-2-4-6-5-3-1/h5,7,9-12,17-18,22H,2-4,6,8,13H2,1H3,(H,23,25)(H2,24,26,27,29);1-6H. The van der Waals surface area contributed by atoms with Crippen molar-refractivity contribution in [1.29, 1.82) is 5.41 Å². The van der Waals surface area contributed by atoms with Gasteiger partial charge in [-0.25, -0.2) is 9.78 Å². The number of aromatic nitrogens is 2. The number of urea groups is 1. The highest BCUT2D eigenvalue weighted by atomic mass is 16.2. The second kappa shape index (κ2) is 12.1. The quantitative estimate of drug-likeness (QED) is 0.380. The second-order valence-corrected chi connectivity index (χ2v) is 8.93. The first-order valence-corrected chi connectivity index (χ1v) is 12.1. The van der Waals surface area contributed by atoms with E-state index in [9.17, 15) is 4.79 Å². The number of amides is 2. The number of hydrogen-bond donors (Lipinski definition) is 4. The Hall–Kier alpha value is -3.78. The topological polar surface area (TPSA) is 106 Å². The first-order chi connectivity index (χ1) is 17.1. The van der Waals surface area contributed by atoms with Gasteiger partial charge in [0.05, 0.1) is 11.9 Å². The molecule has 2 aliphatic rings. The average molecular weight is 472 g/mol. The van der Waals surface area contributed by atoms with E-state index in [-0.39, 0.29) is 12.1 Å². The number of nitrogens with zero attached hydrogens (tertiary/aromatic N) is 3. The van der Waals surface area contributed by atoms with Gasteiger partial charge < -0.3 is 16.0 Å². The van der Waals surface area contributed by atoms with Crippen molar-refractivity contribution < 1.29 is 4.79 Å². The largest absolute Gasteiger partial charge is 0.354 e. The van der Waals surface area contributed by atoms with Crippen molar-refractivity contribution in [2.24, 2.45) is 0 Å². The van der Waals surface area contributed by atoms with Gasteiger partial charge in [-0.3, -0.25) is 15.2 Å². The van der Waals surface area contributed by atoms with Crippen molar-refractivity contribution in [3.8, 4) is 0 Å². The Morgan fingerprint density at radius 1 is 1.09 bits per heavy atom. The molecule has 3 aromatic rings. The summed E-state index contributed by atoms with van der Waals surface area (Å²) in [6.07, 6.45) is 9.48. The molecule has 2 aromatic heterocycles. The van der Waals surface area contributed by atoms with Gasteiger partial charge in [0.1, 0.15) is 5.82 Å². The molecule has 0 radical (unpaired) electrons. The molecule has 1 unspecified atom stereocenters. The fraction of sp³-hybridized carbons (Fsp3) is 0.333. The first kappa shape index (κ1) is 24.3. The van der Waals surface area contributed by atoms with Gasteiger partial charge in [-0.2, -0.15) is 0 Å². The number of nitrogens with one attached hydrogen (secondary N) is 4. The zero-order valence-electron chi connectivity index (χ0n) is 20.1. The molecular formula is C27H33N7O. The van der Waals surface area contributed by atoms with Crippen molar-refractivity contribution in [3.05, 3.63) is 78.2 Å². The predicted molar refractivity (Wildman–Crippen MR) is 141 cm³/mol. The van der Waals surface area contributed by atoms with Crippen LogP contribution in [-0.4, -0.2) is 52.3 Å². The number of carbonyl (C=O) groups excluding carboxylic acids is 1. The maximum absolute atomic E-state index is 12.4. The van der Waals surface area contributed by atoms with Crippen molar-refractivity contribution in [3.63, 3.8) is 0 Å². The van der Waals surface area contributed by atoms with Crippen LogP contribution in [-0.2, 0) is 0 Å². The van der Waals surface area contributed by atoms with Crippen molar-refractivity contribution in [2.45, 2.75) is 44.7 Å². The third kappa shape index (κ3) is 7.10. The third-order valence-electron chi connectivity index (χ3n) is 6.32. The van der Waals surface area contributed by atoms with E-state index in [4.69, 9.17) is 5.41 Å². The van der Waals surface area contributed by atoms with E-state index in [1.165, 1.54) is 25.5 Å². The zero-order valence-corrected chi connectivity index (χ0v) is 20.1. The van der Waals surface area contributed by atoms with E-state index in [1.54, 1.807) is 18.5 Å². The SMILES string of the molecule is Cc1cc(Nc2cnc(NC(=O)NC3CCN(C4CCC4)C3)cc2C=N)ccn1.c1ccccc1. The van der Waals surface area contributed by atoms with Crippen molar-refractivity contribution in [1.82, 2.24) is 20.2 Å². The highest BCUT2D eigenvalue weighted by Gasteiger charge is 2.32. The van der Waals surface area contributed by atoms with Crippen LogP contribution in [0.15, 0.2) is 67.0 Å². The van der Waals surface area contributed by atoms with Crippen LogP contribution in [0.4, 0.5) is 22.0 Å². The maximum Gasteiger partial charge on any atom is 0.320 e. The summed E-state index contributed by atoms with van der Waals surface area (Å²) in [6, 6.07) is 18.1. The monoisotopic (exact) mass is 471 g/mol. The molecule has 1 atom stereocenters. The number of rotatable bonds is 6. The molecule has 2 amide bonds. The Bertz CT molecular complexity index is 1090. The van der Waals surface area contributed by atoms with Gasteiger partial charge in [-0.15, -0.1) is 0 Å². The summed E-state index contributed by atoms with van der Waals surface area (Å²) in [4.78, 5) is 23.4. The van der Waals surface area contributed by atoms with Gasteiger partial charge in [0, 0.05) is 54.5 Å². The van der Waals surface area contributed by atoms with Gasteiger partial charge in [-0.05, 0) is 44.4 Å². The predicted octanol–water partition coefficient (Wildman–Crippen LogP) is 4.96. The highest BCUT2D eigenvalue weighted by Crippen LogP contribution is 2.28. The molecule has 2 fully saturated rings. The molecule has 8 heteroatoms. The lowest BCUT2D eigenvalue weighted by Crippen LogP contribution is -2.43. The summed E-state index contributed by atoms with van der Waals surface area (Å²) in [7, 11) is 0. The lowest BCUT2D eigenvalue weighted by molar-refractivity contribution is 0.155. The summed E-state index contributed by atoms with van der Waals surface area (Å²) in [5.41, 5.74) is 3.11. The Balaban J connectivity index is 0.000000421. The molecule has 4 N–H and O–H groups in total. The van der Waals surface area contributed by atoms with E-state index in [1.807, 2.05) is 55.5 Å². The minimum Gasteiger partial charge on any atom is -0.354 e. The van der Waals surface area contributed by atoms with Crippen LogP contribution in [0.3, 0.4) is 0 Å². The fourth-order valence-corrected chi connectivity index (χ4v) is 4.25. The molecule has 8 nitrogen and oxygen atoms in total. The Morgan fingerprint density at radius 3 is 2.46 bits per heavy atom. The second-order valence-electron chi connectivity index (χ2n) is 8.93. The van der Waals surface area contributed by atoms with Crippen molar-refractivity contribution in [2.75, 3.05) is 23.7 Å². The number of likely N-dealkylation sites (tertiary alicyclic amines) is 1. The molecule has 182 valence electrons. The Morgan fingerprint density at radius 2 is 1.83 bits per heavy atom. The molecular weight excluding hydrogens is 438 g/mol. The van der Waals surface area contributed by atoms with Crippen LogP contribution < -0.4 is 16.0 Å². The van der Waals surface area contributed by atoms with Gasteiger partial charge in [0.25, 0.3) is 0 Å². The van der Waals surface area contributed by atoms with E-state index < -0.39 is 0 Å². The van der Waals surface area contributed by atoms with Crippen LogP contribution in [0, 0.1) is 12.3 Å². The molecule has 5 rings (SSSR count). The van der Waals surface area contributed by atoms with Gasteiger partial charge >= 0.3 is 6.03 Å². The van der Waals surface area contributed by atoms with Gasteiger partial charge in [-0.1, -0.05) is 42.8 Å².